The second-order valence-corrected chi connectivity index (χ2v) is 9.22. The van der Waals surface area contributed by atoms with Gasteiger partial charge in [0.1, 0.15) is 6.07 Å². The van der Waals surface area contributed by atoms with Gasteiger partial charge < -0.3 is 19.3 Å². The number of benzene rings is 1. The van der Waals surface area contributed by atoms with E-state index in [1.54, 1.807) is 14.2 Å². The summed E-state index contributed by atoms with van der Waals surface area (Å²) >= 11 is 0. The highest BCUT2D eigenvalue weighted by atomic mass is 19.4. The zero-order chi connectivity index (χ0) is 25.0. The maximum Gasteiger partial charge on any atom is 0.419 e. The smallest absolute Gasteiger partial charge is 0.372 e. The number of anilines is 2. The van der Waals surface area contributed by atoms with Crippen LogP contribution in [-0.4, -0.2) is 51.7 Å². The summed E-state index contributed by atoms with van der Waals surface area (Å²) in [4.78, 5) is 8.07. The van der Waals surface area contributed by atoms with Crippen molar-refractivity contribution in [1.82, 2.24) is 4.98 Å². The molecule has 188 valence electrons. The van der Waals surface area contributed by atoms with E-state index in [4.69, 9.17) is 14.7 Å². The van der Waals surface area contributed by atoms with E-state index in [0.29, 0.717) is 30.6 Å². The van der Waals surface area contributed by atoms with E-state index in [2.05, 4.69) is 34.1 Å². The minimum absolute atomic E-state index is 0.148. The molecule has 9 heteroatoms. The minimum Gasteiger partial charge on any atom is -0.372 e. The standard InChI is InChI=1S/C26H31F3N4O2/c1-34-25(35-2)20-9-13-32(14-10-20)21-5-3-18(4-6-21)19-7-11-33(12-8-19)22-15-23(26(27,28)29)24(16-30)31-17-22/h3-6,15,17,19-20,25H,7-14H2,1-2H3. The van der Waals surface area contributed by atoms with Gasteiger partial charge in [0, 0.05) is 52.0 Å². The molecule has 6 nitrogen and oxygen atoms in total. The molecule has 35 heavy (non-hydrogen) atoms. The molecule has 4 rings (SSSR count). The van der Waals surface area contributed by atoms with Crippen molar-refractivity contribution in [1.29, 1.82) is 5.26 Å². The lowest BCUT2D eigenvalue weighted by Gasteiger charge is -2.36. The van der Waals surface area contributed by atoms with Gasteiger partial charge in [-0.2, -0.15) is 18.4 Å². The van der Waals surface area contributed by atoms with E-state index < -0.39 is 17.4 Å². The minimum atomic E-state index is -4.60. The second-order valence-electron chi connectivity index (χ2n) is 9.22. The zero-order valence-corrected chi connectivity index (χ0v) is 20.1. The molecule has 0 saturated carbocycles. The lowest BCUT2D eigenvalue weighted by atomic mass is 9.89. The Kier molecular flexibility index (Phi) is 7.82. The van der Waals surface area contributed by atoms with Crippen LogP contribution in [0.3, 0.4) is 0 Å². The van der Waals surface area contributed by atoms with Gasteiger partial charge in [-0.3, -0.25) is 0 Å². The predicted molar refractivity (Wildman–Crippen MR) is 127 cm³/mol. The van der Waals surface area contributed by atoms with E-state index in [1.807, 2.05) is 4.90 Å². The van der Waals surface area contributed by atoms with Crippen LogP contribution in [0.15, 0.2) is 36.5 Å². The summed E-state index contributed by atoms with van der Waals surface area (Å²) in [6, 6.07) is 11.3. The first-order chi connectivity index (χ1) is 16.8. The van der Waals surface area contributed by atoms with Crippen molar-refractivity contribution in [2.24, 2.45) is 5.92 Å². The lowest BCUT2D eigenvalue weighted by Crippen LogP contribution is -2.39. The Bertz CT molecular complexity index is 1020. The van der Waals surface area contributed by atoms with Gasteiger partial charge in [0.2, 0.25) is 0 Å². The maximum absolute atomic E-state index is 13.3. The van der Waals surface area contributed by atoms with E-state index >= 15 is 0 Å². The Morgan fingerprint density at radius 1 is 0.943 bits per heavy atom. The van der Waals surface area contributed by atoms with Gasteiger partial charge in [-0.15, -0.1) is 0 Å². The monoisotopic (exact) mass is 488 g/mol. The maximum atomic E-state index is 13.3. The molecule has 0 amide bonds. The molecular formula is C26H31F3N4O2. The molecule has 2 aliphatic heterocycles. The van der Waals surface area contributed by atoms with Gasteiger partial charge in [0.05, 0.1) is 17.4 Å². The number of nitrogens with zero attached hydrogens (tertiary/aromatic N) is 4. The highest BCUT2D eigenvalue weighted by Crippen LogP contribution is 2.36. The number of halogens is 3. The fourth-order valence-electron chi connectivity index (χ4n) is 5.27. The topological polar surface area (TPSA) is 61.6 Å². The summed E-state index contributed by atoms with van der Waals surface area (Å²) in [5.41, 5.74) is 1.32. The molecule has 0 spiro atoms. The summed E-state index contributed by atoms with van der Waals surface area (Å²) in [6.45, 7) is 3.21. The van der Waals surface area contributed by atoms with E-state index in [0.717, 1.165) is 44.8 Å². The average molecular weight is 489 g/mol. The van der Waals surface area contributed by atoms with Crippen molar-refractivity contribution in [2.45, 2.75) is 44.1 Å². The first-order valence-electron chi connectivity index (χ1n) is 12.0. The normalized spacial score (nSPS) is 18.2. The first kappa shape index (κ1) is 25.3. The molecule has 0 N–H and O–H groups in total. The number of rotatable bonds is 6. The van der Waals surface area contributed by atoms with E-state index in [1.165, 1.54) is 23.5 Å². The fraction of sp³-hybridized carbons (Fsp3) is 0.538. The van der Waals surface area contributed by atoms with Crippen molar-refractivity contribution >= 4 is 11.4 Å². The molecule has 0 bridgehead atoms. The predicted octanol–water partition coefficient (Wildman–Crippen LogP) is 5.19. The number of nitriles is 1. The molecule has 2 saturated heterocycles. The van der Waals surface area contributed by atoms with Gasteiger partial charge in [-0.1, -0.05) is 12.1 Å². The van der Waals surface area contributed by atoms with Crippen molar-refractivity contribution in [3.8, 4) is 6.07 Å². The van der Waals surface area contributed by atoms with Gasteiger partial charge in [0.15, 0.2) is 12.0 Å². The molecule has 2 fully saturated rings. The van der Waals surface area contributed by atoms with Crippen LogP contribution in [-0.2, 0) is 15.7 Å². The quantitative estimate of drug-likeness (QED) is 0.522. The van der Waals surface area contributed by atoms with E-state index in [9.17, 15) is 13.2 Å². The molecule has 2 aliphatic rings. The average Bonchev–Trinajstić information content (AvgIpc) is 2.89. The second kappa shape index (κ2) is 10.8. The molecular weight excluding hydrogens is 457 g/mol. The number of pyridine rings is 1. The molecule has 0 aliphatic carbocycles. The Labute approximate surface area is 204 Å². The lowest BCUT2D eigenvalue weighted by molar-refractivity contribution is -0.141. The number of hydrogen-bond acceptors (Lipinski definition) is 6. The molecule has 3 heterocycles. The van der Waals surface area contributed by atoms with Crippen LogP contribution in [0.25, 0.3) is 0 Å². The molecule has 0 atom stereocenters. The third-order valence-electron chi connectivity index (χ3n) is 7.26. The molecule has 2 aromatic rings. The largest absolute Gasteiger partial charge is 0.419 e. The zero-order valence-electron chi connectivity index (χ0n) is 20.1. The molecule has 1 aromatic carbocycles. The third kappa shape index (κ3) is 5.71. The van der Waals surface area contributed by atoms with E-state index in [-0.39, 0.29) is 6.29 Å². The van der Waals surface area contributed by atoms with Gasteiger partial charge in [0.25, 0.3) is 0 Å². The van der Waals surface area contributed by atoms with Crippen LogP contribution < -0.4 is 9.80 Å². The summed E-state index contributed by atoms with van der Waals surface area (Å²) in [7, 11) is 3.37. The Morgan fingerprint density at radius 3 is 2.06 bits per heavy atom. The number of hydrogen-bond donors (Lipinski definition) is 0. The number of piperidine rings is 2. The number of alkyl halides is 3. The van der Waals surface area contributed by atoms with Crippen LogP contribution in [0.1, 0.15) is 48.4 Å². The SMILES string of the molecule is COC(OC)C1CCN(c2ccc(C3CCN(c4cnc(C#N)c(C(F)(F)F)c4)CC3)cc2)CC1. The molecule has 0 unspecified atom stereocenters. The van der Waals surface area contributed by atoms with Crippen molar-refractivity contribution < 1.29 is 22.6 Å². The van der Waals surface area contributed by atoms with Crippen molar-refractivity contribution in [3.05, 3.63) is 53.3 Å². The Balaban J connectivity index is 1.34. The van der Waals surface area contributed by atoms with Gasteiger partial charge >= 0.3 is 6.18 Å². The highest BCUT2D eigenvalue weighted by molar-refractivity contribution is 5.52. The number of ether oxygens (including phenoxy) is 2. The first-order valence-corrected chi connectivity index (χ1v) is 12.0. The number of aromatic nitrogens is 1. The summed E-state index contributed by atoms with van der Waals surface area (Å²) in [5, 5.41) is 8.96. The summed E-state index contributed by atoms with van der Waals surface area (Å²) < 4.78 is 50.7. The summed E-state index contributed by atoms with van der Waals surface area (Å²) in [6.07, 6.45) is 0.361. The highest BCUT2D eigenvalue weighted by Gasteiger charge is 2.35. The van der Waals surface area contributed by atoms with Gasteiger partial charge in [-0.25, -0.2) is 4.98 Å². The summed E-state index contributed by atoms with van der Waals surface area (Å²) in [5.74, 6) is 0.771. The number of methoxy groups -OCH3 is 2. The Morgan fingerprint density at radius 2 is 1.51 bits per heavy atom. The Hall–Kier alpha value is -2.83. The van der Waals surface area contributed by atoms with Gasteiger partial charge in [-0.05, 0) is 55.4 Å². The molecule has 0 radical (unpaired) electrons. The van der Waals surface area contributed by atoms with Crippen LogP contribution >= 0.6 is 0 Å². The van der Waals surface area contributed by atoms with Crippen LogP contribution in [0, 0.1) is 17.2 Å². The van der Waals surface area contributed by atoms with Crippen LogP contribution in [0.2, 0.25) is 0 Å². The fourth-order valence-corrected chi connectivity index (χ4v) is 5.27. The van der Waals surface area contributed by atoms with Crippen molar-refractivity contribution in [3.63, 3.8) is 0 Å². The van der Waals surface area contributed by atoms with Crippen molar-refractivity contribution in [2.75, 3.05) is 50.2 Å². The van der Waals surface area contributed by atoms with Crippen LogP contribution in [0.5, 0.6) is 0 Å². The van der Waals surface area contributed by atoms with Crippen LogP contribution in [0.4, 0.5) is 24.5 Å². The molecule has 1 aromatic heterocycles. The third-order valence-corrected chi connectivity index (χ3v) is 7.26.